The average Bonchev–Trinajstić information content (AvgIpc) is 4.01. The first-order chi connectivity index (χ1) is 29.6. The molecule has 4 N–H and O–H groups in total. The number of carbonyl (C=O) groups excluding carboxylic acids is 4. The third-order valence-electron chi connectivity index (χ3n) is 13.2. The summed E-state index contributed by atoms with van der Waals surface area (Å²) >= 11 is 0. The van der Waals surface area contributed by atoms with Gasteiger partial charge in [-0.3, -0.25) is 39.7 Å². The number of imide groups is 1. The smallest absolute Gasteiger partial charge is 0.255 e. The number of nitrogens with zero attached hydrogens (tertiary/aromatic N) is 8. The molecule has 2 aromatic heterocycles. The van der Waals surface area contributed by atoms with Crippen LogP contribution >= 0.6 is 0 Å². The number of benzene rings is 2. The van der Waals surface area contributed by atoms with Gasteiger partial charge in [-0.15, -0.1) is 0 Å². The van der Waals surface area contributed by atoms with Crippen LogP contribution in [0.3, 0.4) is 0 Å². The molecule has 7 heterocycles. The number of nitrogens with one attached hydrogen (secondary N) is 4. The van der Waals surface area contributed by atoms with E-state index < -0.39 is 6.04 Å². The lowest BCUT2D eigenvalue weighted by atomic mass is 9.92. The van der Waals surface area contributed by atoms with Gasteiger partial charge in [0, 0.05) is 101 Å². The van der Waals surface area contributed by atoms with Gasteiger partial charge in [0.2, 0.25) is 11.8 Å². The van der Waals surface area contributed by atoms with Gasteiger partial charge in [0.25, 0.3) is 5.91 Å². The van der Waals surface area contributed by atoms with Gasteiger partial charge in [0.15, 0.2) is 5.65 Å². The molecule has 0 bridgehead atoms. The monoisotopic (exact) mass is 830 g/mol. The molecule has 16 nitrogen and oxygen atoms in total. The van der Waals surface area contributed by atoms with Gasteiger partial charge in [-0.25, -0.2) is 9.97 Å². The minimum atomic E-state index is -0.592. The minimum Gasteiger partial charge on any atom is -0.388 e. The lowest BCUT2D eigenvalue weighted by molar-refractivity contribution is -0.136. The van der Waals surface area contributed by atoms with Crippen LogP contribution in [0.4, 0.5) is 17.2 Å². The van der Waals surface area contributed by atoms with Crippen LogP contribution in [0.2, 0.25) is 0 Å². The van der Waals surface area contributed by atoms with Crippen molar-refractivity contribution in [2.75, 3.05) is 89.0 Å². The lowest BCUT2D eigenvalue weighted by Crippen LogP contribution is -2.52. The fraction of sp³-hybridized carbons (Fsp3) is 0.489. The van der Waals surface area contributed by atoms with Crippen LogP contribution in [-0.4, -0.2) is 143 Å². The number of carbonyl (C=O) groups is 4. The van der Waals surface area contributed by atoms with E-state index >= 15 is 0 Å². The first-order valence-corrected chi connectivity index (χ1v) is 21.7. The van der Waals surface area contributed by atoms with Gasteiger partial charge in [-0.2, -0.15) is 0 Å². The Labute approximate surface area is 357 Å². The Morgan fingerprint density at radius 1 is 0.918 bits per heavy atom. The van der Waals surface area contributed by atoms with Crippen molar-refractivity contribution in [1.29, 1.82) is 5.41 Å². The zero-order chi connectivity index (χ0) is 42.6. The summed E-state index contributed by atoms with van der Waals surface area (Å²) < 4.78 is 2.04. The average molecular weight is 831 g/mol. The number of amides is 3. The van der Waals surface area contributed by atoms with Crippen LogP contribution < -0.4 is 20.9 Å². The van der Waals surface area contributed by atoms with E-state index in [1.807, 2.05) is 49.1 Å². The molecule has 2 aromatic carbocycles. The van der Waals surface area contributed by atoms with E-state index in [2.05, 4.69) is 64.8 Å². The number of rotatable bonds is 10. The summed E-state index contributed by atoms with van der Waals surface area (Å²) in [6, 6.07) is 11.3. The molecule has 5 aliphatic rings. The van der Waals surface area contributed by atoms with Gasteiger partial charge >= 0.3 is 0 Å². The molecular weight excluding hydrogens is 773 g/mol. The number of aromatic nitrogens is 3. The number of piperidine rings is 2. The molecule has 322 valence electrons. The van der Waals surface area contributed by atoms with Gasteiger partial charge in [0.05, 0.1) is 24.1 Å². The van der Waals surface area contributed by atoms with Crippen molar-refractivity contribution in [2.24, 2.45) is 5.92 Å². The normalized spacial score (nSPS) is 21.3. The van der Waals surface area contributed by atoms with Crippen molar-refractivity contribution in [3.8, 4) is 0 Å². The third-order valence-corrected chi connectivity index (χ3v) is 13.2. The number of aldehydes is 1. The summed E-state index contributed by atoms with van der Waals surface area (Å²) in [7, 11) is 5.88. The summed E-state index contributed by atoms with van der Waals surface area (Å²) in [5.74, 6) is 1.19. The molecule has 4 aromatic rings. The number of hydrogen-bond acceptors (Lipinski definition) is 12. The summed E-state index contributed by atoms with van der Waals surface area (Å²) in [4.78, 5) is 68.2. The Morgan fingerprint density at radius 2 is 1.72 bits per heavy atom. The first kappa shape index (κ1) is 41.8. The molecule has 2 atom stereocenters. The highest BCUT2D eigenvalue weighted by Gasteiger charge is 2.39. The first-order valence-electron chi connectivity index (χ1n) is 21.7. The van der Waals surface area contributed by atoms with Crippen molar-refractivity contribution < 1.29 is 19.2 Å². The Kier molecular flexibility index (Phi) is 12.6. The van der Waals surface area contributed by atoms with E-state index in [1.54, 1.807) is 17.0 Å². The summed E-state index contributed by atoms with van der Waals surface area (Å²) in [5, 5.41) is 17.3. The summed E-state index contributed by atoms with van der Waals surface area (Å²) in [6.45, 7) is 8.16. The maximum absolute atomic E-state index is 13.0. The molecule has 0 spiro atoms. The van der Waals surface area contributed by atoms with Crippen LogP contribution in [0, 0.1) is 11.3 Å². The number of fused-ring (bicyclic) bond motifs is 2. The SMILES string of the molecule is CNc1ccc(C=O)cc1C(=N)N1CCC(CCN2CCN(c3ccc4c(c3)CN(C3CCC(=O)NC3=O)C4=O)CC2)CC1.CNc1cn2cc(C3CCCN3C)nc2cn1. The molecule has 61 heavy (non-hydrogen) atoms. The molecular formula is C45H58N12O4. The fourth-order valence-electron chi connectivity index (χ4n) is 9.51. The maximum atomic E-state index is 13.0. The second-order valence-electron chi connectivity index (χ2n) is 16.9. The third kappa shape index (κ3) is 9.10. The van der Waals surface area contributed by atoms with E-state index in [-0.39, 0.29) is 24.1 Å². The molecule has 0 radical (unpaired) electrons. The number of amidine groups is 1. The molecule has 4 saturated heterocycles. The molecule has 4 fully saturated rings. The molecule has 9 rings (SSSR count). The summed E-state index contributed by atoms with van der Waals surface area (Å²) in [5.41, 5.74) is 6.99. The molecule has 5 aliphatic heterocycles. The van der Waals surface area contributed by atoms with Crippen LogP contribution in [0.1, 0.15) is 88.5 Å². The van der Waals surface area contributed by atoms with Gasteiger partial charge < -0.3 is 29.7 Å². The van der Waals surface area contributed by atoms with Crippen LogP contribution in [0.5, 0.6) is 0 Å². The highest BCUT2D eigenvalue weighted by Crippen LogP contribution is 2.32. The van der Waals surface area contributed by atoms with E-state index in [0.29, 0.717) is 41.9 Å². The van der Waals surface area contributed by atoms with Gasteiger partial charge in [0.1, 0.15) is 24.0 Å². The maximum Gasteiger partial charge on any atom is 0.255 e. The second kappa shape index (κ2) is 18.4. The van der Waals surface area contributed by atoms with Crippen molar-refractivity contribution in [2.45, 2.75) is 63.6 Å². The highest BCUT2D eigenvalue weighted by molar-refractivity contribution is 6.05. The largest absolute Gasteiger partial charge is 0.388 e. The molecule has 2 unspecified atom stereocenters. The Bertz CT molecular complexity index is 2280. The zero-order valence-electron chi connectivity index (χ0n) is 35.5. The van der Waals surface area contributed by atoms with E-state index in [1.165, 1.54) is 19.4 Å². The Balaban J connectivity index is 0.000000250. The number of imidazole rings is 1. The topological polar surface area (TPSA) is 175 Å². The van der Waals surface area contributed by atoms with Crippen LogP contribution in [-0.2, 0) is 16.1 Å². The molecule has 3 amide bonds. The summed E-state index contributed by atoms with van der Waals surface area (Å²) in [6.07, 6.45) is 13.1. The Morgan fingerprint density at radius 3 is 2.43 bits per heavy atom. The number of anilines is 3. The fourth-order valence-corrected chi connectivity index (χ4v) is 9.51. The quantitative estimate of drug-likeness (QED) is 0.0782. The predicted molar refractivity (Wildman–Crippen MR) is 235 cm³/mol. The minimum absolute atomic E-state index is 0.136. The van der Waals surface area contributed by atoms with Crippen LogP contribution in [0.25, 0.3) is 5.65 Å². The van der Waals surface area contributed by atoms with Crippen LogP contribution in [0.15, 0.2) is 55.0 Å². The number of piperazine rings is 1. The number of likely N-dealkylation sites (tertiary alicyclic amines) is 2. The van der Waals surface area contributed by atoms with Gasteiger partial charge in [-0.05, 0) is 107 Å². The van der Waals surface area contributed by atoms with Crippen molar-refractivity contribution in [1.82, 2.24) is 39.3 Å². The zero-order valence-corrected chi connectivity index (χ0v) is 35.5. The van der Waals surface area contributed by atoms with E-state index in [0.717, 1.165) is 111 Å². The second-order valence-corrected chi connectivity index (χ2v) is 16.9. The van der Waals surface area contributed by atoms with E-state index in [9.17, 15) is 19.2 Å². The highest BCUT2D eigenvalue weighted by atomic mass is 16.2. The lowest BCUT2D eigenvalue weighted by Gasteiger charge is -2.38. The molecule has 0 saturated carbocycles. The van der Waals surface area contributed by atoms with Crippen molar-refractivity contribution >= 4 is 52.7 Å². The molecule has 16 heteroatoms. The standard InChI is InChI=1S/C33H41N7O4.C12H17N5/c1-35-28-5-2-23(21-41)18-27(28)31(34)39-12-9-22(10-13-39)8-11-37-14-16-38(17-15-37)25-3-4-26-24(19-25)20-40(33(26)44)29-6-7-30(42)36-32(29)43;1-13-11-8-17-7-9(15-12(17)6-14-11)10-4-3-5-16(10)2/h2-5,18-19,21-22,29,34-35H,6-17,20H2,1H3,(H,36,42,43);6-8,10,13H,3-5H2,1-2H3. The van der Waals surface area contributed by atoms with Gasteiger partial charge in [-0.1, -0.05) is 0 Å². The predicted octanol–water partition coefficient (Wildman–Crippen LogP) is 4.09. The van der Waals surface area contributed by atoms with E-state index in [4.69, 9.17) is 5.41 Å². The van der Waals surface area contributed by atoms with Crippen molar-refractivity contribution in [3.63, 3.8) is 0 Å². The van der Waals surface area contributed by atoms with Crippen molar-refractivity contribution in [3.05, 3.63) is 82.9 Å². The Hall–Kier alpha value is -5.87. The number of hydrogen-bond donors (Lipinski definition) is 4. The molecule has 0 aliphatic carbocycles.